The van der Waals surface area contributed by atoms with Crippen molar-refractivity contribution in [2.45, 2.75) is 58.6 Å². The Bertz CT molecular complexity index is 718. The zero-order chi connectivity index (χ0) is 20.2. The summed E-state index contributed by atoms with van der Waals surface area (Å²) < 4.78 is 5.16. The molecule has 1 aliphatic rings. The van der Waals surface area contributed by atoms with E-state index in [0.29, 0.717) is 11.5 Å². The van der Waals surface area contributed by atoms with E-state index in [4.69, 9.17) is 9.57 Å². The van der Waals surface area contributed by atoms with Gasteiger partial charge in [0.05, 0.1) is 11.1 Å². The van der Waals surface area contributed by atoms with Gasteiger partial charge in [-0.15, -0.1) is 0 Å². The van der Waals surface area contributed by atoms with Crippen LogP contribution in [-0.4, -0.2) is 40.6 Å². The van der Waals surface area contributed by atoms with Crippen molar-refractivity contribution in [3.63, 3.8) is 0 Å². The quantitative estimate of drug-likeness (QED) is 0.766. The second kappa shape index (κ2) is 8.20. The third kappa shape index (κ3) is 5.06. The van der Waals surface area contributed by atoms with E-state index in [0.717, 1.165) is 6.42 Å². The molecule has 8 heteroatoms. The number of nitrogens with zero attached hydrogens (tertiary/aromatic N) is 1. The maximum absolute atomic E-state index is 12.5. The Morgan fingerprint density at radius 3 is 2.15 bits per heavy atom. The molecule has 0 bridgehead atoms. The van der Waals surface area contributed by atoms with Gasteiger partial charge in [0.25, 0.3) is 11.8 Å². The van der Waals surface area contributed by atoms with Crippen molar-refractivity contribution in [3.05, 3.63) is 35.4 Å². The molecule has 0 aromatic heterocycles. The third-order valence-corrected chi connectivity index (χ3v) is 3.76. The Balaban J connectivity index is 2.09. The molecule has 0 saturated heterocycles. The van der Waals surface area contributed by atoms with Crippen LogP contribution in [0.15, 0.2) is 24.3 Å². The number of benzene rings is 1. The second-order valence-electron chi connectivity index (χ2n) is 7.20. The molecule has 0 aliphatic carbocycles. The molecular weight excluding hydrogens is 352 g/mol. The third-order valence-electron chi connectivity index (χ3n) is 3.76. The summed E-state index contributed by atoms with van der Waals surface area (Å²) in [5.41, 5.74) is -0.396. The number of hydroxylamine groups is 2. The maximum atomic E-state index is 12.5. The van der Waals surface area contributed by atoms with Crippen LogP contribution in [0.2, 0.25) is 0 Å². The fourth-order valence-electron chi connectivity index (χ4n) is 2.51. The number of nitrogens with one attached hydrogen (secondary N) is 1. The van der Waals surface area contributed by atoms with Crippen LogP contribution in [0.4, 0.5) is 4.79 Å². The van der Waals surface area contributed by atoms with Gasteiger partial charge in [-0.2, -0.15) is 0 Å². The van der Waals surface area contributed by atoms with Gasteiger partial charge in [-0.05, 0) is 39.3 Å². The number of hydrogen-bond donors (Lipinski definition) is 1. The molecule has 0 radical (unpaired) electrons. The minimum Gasteiger partial charge on any atom is -0.444 e. The lowest BCUT2D eigenvalue weighted by atomic mass is 10.1. The Labute approximate surface area is 157 Å². The van der Waals surface area contributed by atoms with Crippen LogP contribution in [0.25, 0.3) is 0 Å². The van der Waals surface area contributed by atoms with E-state index in [1.807, 2.05) is 6.92 Å². The number of alkyl carbamates (subject to hydrolysis) is 1. The highest BCUT2D eigenvalue weighted by molar-refractivity contribution is 6.20. The molecule has 0 spiro atoms. The van der Waals surface area contributed by atoms with E-state index in [1.54, 1.807) is 32.9 Å². The summed E-state index contributed by atoms with van der Waals surface area (Å²) in [6, 6.07) is 5.16. The lowest BCUT2D eigenvalue weighted by molar-refractivity contribution is -0.171. The predicted octanol–water partition coefficient (Wildman–Crippen LogP) is 2.82. The number of rotatable bonds is 6. The van der Waals surface area contributed by atoms with Crippen molar-refractivity contribution in [1.29, 1.82) is 0 Å². The first-order valence-corrected chi connectivity index (χ1v) is 8.83. The second-order valence-corrected chi connectivity index (χ2v) is 7.20. The first-order valence-electron chi connectivity index (χ1n) is 8.83. The molecule has 0 fully saturated rings. The van der Waals surface area contributed by atoms with Crippen molar-refractivity contribution in [2.75, 3.05) is 0 Å². The highest BCUT2D eigenvalue weighted by Gasteiger charge is 2.40. The standard InChI is InChI=1S/C19H24N2O6/c1-5-6-11-14(20-18(25)26-19(2,3)4)17(24)27-21-15(22)12-9-7-8-10-13(12)16(21)23/h7-10,14H,5-6,11H2,1-4H3,(H,20,25)/t14-/m1/s1. The molecular formula is C19H24N2O6. The van der Waals surface area contributed by atoms with Gasteiger partial charge in [0.2, 0.25) is 0 Å². The number of carbonyl (C=O) groups is 4. The summed E-state index contributed by atoms with van der Waals surface area (Å²) in [4.78, 5) is 54.1. The summed E-state index contributed by atoms with van der Waals surface area (Å²) in [7, 11) is 0. The predicted molar refractivity (Wildman–Crippen MR) is 95.7 cm³/mol. The van der Waals surface area contributed by atoms with Crippen LogP contribution in [0.1, 0.15) is 67.7 Å². The van der Waals surface area contributed by atoms with Crippen molar-refractivity contribution in [1.82, 2.24) is 10.4 Å². The van der Waals surface area contributed by atoms with Gasteiger partial charge in [0.1, 0.15) is 11.6 Å². The first-order chi connectivity index (χ1) is 12.6. The highest BCUT2D eigenvalue weighted by atomic mass is 16.7. The number of amides is 3. The monoisotopic (exact) mass is 376 g/mol. The van der Waals surface area contributed by atoms with Crippen LogP contribution in [0, 0.1) is 0 Å². The fraction of sp³-hybridized carbons (Fsp3) is 0.474. The van der Waals surface area contributed by atoms with Crippen molar-refractivity contribution >= 4 is 23.9 Å². The SMILES string of the molecule is CCCC[C@@H](NC(=O)OC(C)(C)C)C(=O)ON1C(=O)c2ccccc2C1=O. The van der Waals surface area contributed by atoms with Crippen molar-refractivity contribution in [3.8, 4) is 0 Å². The summed E-state index contributed by atoms with van der Waals surface area (Å²) in [6.45, 7) is 7.03. The van der Waals surface area contributed by atoms with Crippen LogP contribution < -0.4 is 5.32 Å². The van der Waals surface area contributed by atoms with Gasteiger partial charge in [-0.25, -0.2) is 9.59 Å². The van der Waals surface area contributed by atoms with Gasteiger partial charge < -0.3 is 14.9 Å². The number of fused-ring (bicyclic) bond motifs is 1. The molecule has 1 N–H and O–H groups in total. The Hall–Kier alpha value is -2.90. The topological polar surface area (TPSA) is 102 Å². The van der Waals surface area contributed by atoms with Gasteiger partial charge in [0, 0.05) is 0 Å². The normalized spacial score (nSPS) is 14.6. The summed E-state index contributed by atoms with van der Waals surface area (Å²) >= 11 is 0. The average molecular weight is 376 g/mol. The lowest BCUT2D eigenvalue weighted by Crippen LogP contribution is -2.47. The van der Waals surface area contributed by atoms with E-state index in [2.05, 4.69) is 5.32 Å². The van der Waals surface area contributed by atoms with Crippen LogP contribution in [-0.2, 0) is 14.4 Å². The number of imide groups is 1. The summed E-state index contributed by atoms with van der Waals surface area (Å²) in [6.07, 6.45) is 0.935. The zero-order valence-corrected chi connectivity index (χ0v) is 15.9. The lowest BCUT2D eigenvalue weighted by Gasteiger charge is -2.23. The van der Waals surface area contributed by atoms with E-state index < -0.39 is 35.5 Å². The van der Waals surface area contributed by atoms with Crippen molar-refractivity contribution < 1.29 is 28.8 Å². The molecule has 3 amide bonds. The molecule has 1 heterocycles. The van der Waals surface area contributed by atoms with Crippen LogP contribution in [0.5, 0.6) is 0 Å². The van der Waals surface area contributed by atoms with E-state index in [1.165, 1.54) is 12.1 Å². The number of unbranched alkanes of at least 4 members (excludes halogenated alkanes) is 1. The highest BCUT2D eigenvalue weighted by Crippen LogP contribution is 2.23. The Kier molecular flexibility index (Phi) is 6.20. The molecule has 1 aromatic carbocycles. The summed E-state index contributed by atoms with van der Waals surface area (Å²) in [5.74, 6) is -2.32. The average Bonchev–Trinajstić information content (AvgIpc) is 2.82. The molecule has 1 atom stereocenters. The Morgan fingerprint density at radius 1 is 1.11 bits per heavy atom. The zero-order valence-electron chi connectivity index (χ0n) is 15.9. The number of ether oxygens (including phenoxy) is 1. The molecule has 2 rings (SSSR count). The molecule has 27 heavy (non-hydrogen) atoms. The van der Waals surface area contributed by atoms with E-state index in [9.17, 15) is 19.2 Å². The fourth-order valence-corrected chi connectivity index (χ4v) is 2.51. The van der Waals surface area contributed by atoms with Gasteiger partial charge in [-0.1, -0.05) is 37.0 Å². The largest absolute Gasteiger partial charge is 0.444 e. The molecule has 8 nitrogen and oxygen atoms in total. The molecule has 1 aliphatic heterocycles. The first kappa shape index (κ1) is 20.4. The van der Waals surface area contributed by atoms with Gasteiger partial charge >= 0.3 is 12.1 Å². The van der Waals surface area contributed by atoms with Crippen LogP contribution >= 0.6 is 0 Å². The minimum absolute atomic E-state index is 0.167. The van der Waals surface area contributed by atoms with Gasteiger partial charge in [-0.3, -0.25) is 9.59 Å². The smallest absolute Gasteiger partial charge is 0.408 e. The van der Waals surface area contributed by atoms with E-state index >= 15 is 0 Å². The number of carbonyl (C=O) groups excluding carboxylic acids is 4. The Morgan fingerprint density at radius 2 is 1.67 bits per heavy atom. The maximum Gasteiger partial charge on any atom is 0.408 e. The molecule has 146 valence electrons. The molecule has 0 saturated carbocycles. The number of hydrogen-bond acceptors (Lipinski definition) is 6. The van der Waals surface area contributed by atoms with E-state index in [-0.39, 0.29) is 17.5 Å². The minimum atomic E-state index is -1.04. The molecule has 0 unspecified atom stereocenters. The van der Waals surface area contributed by atoms with Crippen molar-refractivity contribution in [2.24, 2.45) is 0 Å². The molecule has 1 aromatic rings. The van der Waals surface area contributed by atoms with Crippen LogP contribution in [0.3, 0.4) is 0 Å². The van der Waals surface area contributed by atoms with Gasteiger partial charge in [0.15, 0.2) is 0 Å². The summed E-state index contributed by atoms with van der Waals surface area (Å²) in [5, 5.41) is 2.88.